The zero-order valence-electron chi connectivity index (χ0n) is 17.9. The summed E-state index contributed by atoms with van der Waals surface area (Å²) in [6.45, 7) is 11.4. The van der Waals surface area contributed by atoms with Gasteiger partial charge >= 0.3 is 6.09 Å². The molecular formula is C22H33N3O4. The van der Waals surface area contributed by atoms with Gasteiger partial charge in [-0.05, 0) is 32.8 Å². The highest BCUT2D eigenvalue weighted by Gasteiger charge is 2.30. The van der Waals surface area contributed by atoms with Gasteiger partial charge in [-0.2, -0.15) is 0 Å². The van der Waals surface area contributed by atoms with Gasteiger partial charge in [0.2, 0.25) is 11.8 Å². The first-order valence-corrected chi connectivity index (χ1v) is 9.89. The molecule has 0 spiro atoms. The molecule has 160 valence electrons. The SMILES string of the molecule is C=CCN(C(=O)CNC(=O)OC(C)(C)C)C(C(=O)NCCCC)c1ccccc1. The fourth-order valence-electron chi connectivity index (χ4n) is 2.65. The standard InChI is InChI=1S/C22H33N3O4/c1-6-8-14-23-20(27)19(17-12-10-9-11-13-17)25(15-7-2)18(26)16-24-21(28)29-22(3,4)5/h7,9-13,19H,2,6,8,14-16H2,1,3-5H3,(H,23,27)(H,24,28). The van der Waals surface area contributed by atoms with Crippen molar-refractivity contribution < 1.29 is 19.1 Å². The average Bonchev–Trinajstić information content (AvgIpc) is 2.65. The van der Waals surface area contributed by atoms with Gasteiger partial charge < -0.3 is 20.3 Å². The summed E-state index contributed by atoms with van der Waals surface area (Å²) >= 11 is 0. The molecule has 1 aromatic carbocycles. The molecule has 3 amide bonds. The summed E-state index contributed by atoms with van der Waals surface area (Å²) in [6, 6.07) is 8.26. The summed E-state index contributed by atoms with van der Waals surface area (Å²) in [7, 11) is 0. The van der Waals surface area contributed by atoms with Crippen molar-refractivity contribution >= 4 is 17.9 Å². The van der Waals surface area contributed by atoms with Gasteiger partial charge in [-0.15, -0.1) is 6.58 Å². The van der Waals surface area contributed by atoms with Crippen molar-refractivity contribution in [2.24, 2.45) is 0 Å². The Labute approximate surface area is 173 Å². The van der Waals surface area contributed by atoms with Crippen molar-refractivity contribution in [2.75, 3.05) is 19.6 Å². The van der Waals surface area contributed by atoms with Crippen molar-refractivity contribution in [1.82, 2.24) is 15.5 Å². The highest BCUT2D eigenvalue weighted by Crippen LogP contribution is 2.21. The topological polar surface area (TPSA) is 87.7 Å². The number of hydrogen-bond acceptors (Lipinski definition) is 4. The minimum Gasteiger partial charge on any atom is -0.444 e. The Kier molecular flexibility index (Phi) is 9.92. The van der Waals surface area contributed by atoms with E-state index in [1.54, 1.807) is 39.0 Å². The summed E-state index contributed by atoms with van der Waals surface area (Å²) in [5, 5.41) is 5.35. The van der Waals surface area contributed by atoms with Gasteiger partial charge in [0.05, 0.1) is 0 Å². The second kappa shape index (κ2) is 11.9. The molecule has 0 saturated heterocycles. The second-order valence-corrected chi connectivity index (χ2v) is 7.65. The van der Waals surface area contributed by atoms with Crippen LogP contribution in [0, 0.1) is 0 Å². The lowest BCUT2D eigenvalue weighted by Gasteiger charge is -2.31. The van der Waals surface area contributed by atoms with E-state index >= 15 is 0 Å². The molecule has 0 aliphatic rings. The third-order valence-electron chi connectivity index (χ3n) is 3.93. The summed E-state index contributed by atoms with van der Waals surface area (Å²) < 4.78 is 5.17. The van der Waals surface area contributed by atoms with E-state index in [9.17, 15) is 14.4 Å². The van der Waals surface area contributed by atoms with Gasteiger partial charge in [0.1, 0.15) is 18.2 Å². The van der Waals surface area contributed by atoms with Gasteiger partial charge in [-0.1, -0.05) is 49.8 Å². The Morgan fingerprint density at radius 3 is 2.38 bits per heavy atom. The van der Waals surface area contributed by atoms with Crippen LogP contribution in [0.4, 0.5) is 4.79 Å². The molecule has 0 saturated carbocycles. The molecule has 0 radical (unpaired) electrons. The maximum absolute atomic E-state index is 12.9. The van der Waals surface area contributed by atoms with Crippen LogP contribution < -0.4 is 10.6 Å². The largest absolute Gasteiger partial charge is 0.444 e. The third kappa shape index (κ3) is 8.81. The monoisotopic (exact) mass is 403 g/mol. The molecule has 29 heavy (non-hydrogen) atoms. The molecular weight excluding hydrogens is 370 g/mol. The molecule has 1 aromatic rings. The molecule has 1 atom stereocenters. The lowest BCUT2D eigenvalue weighted by atomic mass is 10.0. The number of hydrogen-bond donors (Lipinski definition) is 2. The number of alkyl carbamates (subject to hydrolysis) is 1. The van der Waals surface area contributed by atoms with Crippen molar-refractivity contribution in [2.45, 2.75) is 52.2 Å². The summed E-state index contributed by atoms with van der Waals surface area (Å²) in [4.78, 5) is 39.1. The lowest BCUT2D eigenvalue weighted by molar-refractivity contribution is -0.139. The number of benzene rings is 1. The zero-order chi connectivity index (χ0) is 21.9. The van der Waals surface area contributed by atoms with E-state index in [4.69, 9.17) is 4.74 Å². The van der Waals surface area contributed by atoms with Crippen LogP contribution in [0.1, 0.15) is 52.1 Å². The summed E-state index contributed by atoms with van der Waals surface area (Å²) in [5.41, 5.74) is 0.0219. The summed E-state index contributed by atoms with van der Waals surface area (Å²) in [6.07, 6.45) is 2.67. The van der Waals surface area contributed by atoms with Crippen LogP contribution in [-0.4, -0.2) is 48.0 Å². The summed E-state index contributed by atoms with van der Waals surface area (Å²) in [5.74, 6) is -0.674. The van der Waals surface area contributed by atoms with Crippen molar-refractivity contribution in [1.29, 1.82) is 0 Å². The Morgan fingerprint density at radius 2 is 1.83 bits per heavy atom. The first kappa shape index (κ1) is 24.2. The smallest absolute Gasteiger partial charge is 0.408 e. The predicted octanol–water partition coefficient (Wildman–Crippen LogP) is 3.18. The minimum absolute atomic E-state index is 0.162. The Bertz CT molecular complexity index is 683. The van der Waals surface area contributed by atoms with Crippen LogP contribution in [0.2, 0.25) is 0 Å². The minimum atomic E-state index is -0.820. The highest BCUT2D eigenvalue weighted by molar-refractivity contribution is 5.90. The van der Waals surface area contributed by atoms with Crippen molar-refractivity contribution in [3.8, 4) is 0 Å². The first-order valence-electron chi connectivity index (χ1n) is 9.89. The normalized spacial score (nSPS) is 11.9. The Balaban J connectivity index is 2.99. The van der Waals surface area contributed by atoms with Gasteiger partial charge in [-0.25, -0.2) is 4.79 Å². The molecule has 0 fully saturated rings. The molecule has 0 aliphatic heterocycles. The number of nitrogens with one attached hydrogen (secondary N) is 2. The van der Waals surface area contributed by atoms with Crippen LogP contribution in [0.15, 0.2) is 43.0 Å². The average molecular weight is 404 g/mol. The molecule has 7 nitrogen and oxygen atoms in total. The molecule has 2 N–H and O–H groups in total. The van der Waals surface area contributed by atoms with Crippen LogP contribution >= 0.6 is 0 Å². The molecule has 1 rings (SSSR count). The van der Waals surface area contributed by atoms with Crippen LogP contribution in [-0.2, 0) is 14.3 Å². The number of carbonyl (C=O) groups is 3. The number of rotatable bonds is 10. The van der Waals surface area contributed by atoms with Crippen molar-refractivity contribution in [3.05, 3.63) is 48.6 Å². The Hall–Kier alpha value is -2.83. The maximum Gasteiger partial charge on any atom is 0.408 e. The van der Waals surface area contributed by atoms with Crippen LogP contribution in [0.5, 0.6) is 0 Å². The fraction of sp³-hybridized carbons (Fsp3) is 0.500. The molecule has 1 unspecified atom stereocenters. The third-order valence-corrected chi connectivity index (χ3v) is 3.93. The molecule has 0 bridgehead atoms. The molecule has 0 aromatic heterocycles. The zero-order valence-corrected chi connectivity index (χ0v) is 17.9. The number of amides is 3. The number of ether oxygens (including phenoxy) is 1. The van der Waals surface area contributed by atoms with E-state index in [2.05, 4.69) is 17.2 Å². The quantitative estimate of drug-likeness (QED) is 0.464. The predicted molar refractivity (Wildman–Crippen MR) is 113 cm³/mol. The molecule has 0 aliphatic carbocycles. The van der Waals surface area contributed by atoms with Gasteiger partial charge in [0.15, 0.2) is 0 Å². The van der Waals surface area contributed by atoms with E-state index < -0.39 is 23.6 Å². The van der Waals surface area contributed by atoms with Gasteiger partial charge in [0, 0.05) is 13.1 Å². The molecule has 7 heteroatoms. The van der Waals surface area contributed by atoms with E-state index in [0.717, 1.165) is 12.8 Å². The highest BCUT2D eigenvalue weighted by atomic mass is 16.6. The van der Waals surface area contributed by atoms with Gasteiger partial charge in [-0.3, -0.25) is 9.59 Å². The maximum atomic E-state index is 12.9. The number of nitrogens with zero attached hydrogens (tertiary/aromatic N) is 1. The number of carbonyl (C=O) groups excluding carboxylic acids is 3. The van der Waals surface area contributed by atoms with E-state index in [1.807, 2.05) is 25.1 Å². The lowest BCUT2D eigenvalue weighted by Crippen LogP contribution is -2.48. The van der Waals surface area contributed by atoms with E-state index in [1.165, 1.54) is 4.90 Å². The van der Waals surface area contributed by atoms with Crippen LogP contribution in [0.25, 0.3) is 0 Å². The second-order valence-electron chi connectivity index (χ2n) is 7.65. The van der Waals surface area contributed by atoms with Crippen LogP contribution in [0.3, 0.4) is 0 Å². The van der Waals surface area contributed by atoms with E-state index in [-0.39, 0.29) is 19.0 Å². The number of unbranched alkanes of at least 4 members (excludes halogenated alkanes) is 1. The van der Waals surface area contributed by atoms with Crippen molar-refractivity contribution in [3.63, 3.8) is 0 Å². The van der Waals surface area contributed by atoms with E-state index in [0.29, 0.717) is 12.1 Å². The Morgan fingerprint density at radius 1 is 1.17 bits per heavy atom. The van der Waals surface area contributed by atoms with Gasteiger partial charge in [0.25, 0.3) is 0 Å². The first-order chi connectivity index (χ1) is 13.7. The molecule has 0 heterocycles. The fourth-order valence-corrected chi connectivity index (χ4v) is 2.65.